The molecule has 0 radical (unpaired) electrons. The molecule has 1 fully saturated rings. The number of hydrogen-bond acceptors (Lipinski definition) is 5. The van der Waals surface area contributed by atoms with Crippen LogP contribution in [0.1, 0.15) is 21.5 Å². The van der Waals surface area contributed by atoms with E-state index in [4.69, 9.17) is 11.0 Å². The summed E-state index contributed by atoms with van der Waals surface area (Å²) in [7, 11) is 0. The molecule has 1 aromatic heterocycles. The van der Waals surface area contributed by atoms with Crippen molar-refractivity contribution in [2.75, 3.05) is 31.1 Å². The number of anilines is 1. The Hall–Kier alpha value is -2.62. The number of nitrogens with two attached hydrogens (primary N) is 1. The van der Waals surface area contributed by atoms with Crippen molar-refractivity contribution in [1.29, 1.82) is 5.26 Å². The summed E-state index contributed by atoms with van der Waals surface area (Å²) in [5.74, 6) is 0.824. The second kappa shape index (κ2) is 8.47. The van der Waals surface area contributed by atoms with E-state index < -0.39 is 0 Å². The summed E-state index contributed by atoms with van der Waals surface area (Å²) in [5, 5.41) is 8.98. The first kappa shape index (κ1) is 18.7. The molecule has 2 N–H and O–H groups in total. The highest BCUT2D eigenvalue weighted by molar-refractivity contribution is 5.94. The van der Waals surface area contributed by atoms with E-state index in [1.807, 2.05) is 29.2 Å². The number of nitriles is 1. The first-order valence-electron chi connectivity index (χ1n) is 7.90. The third-order valence-electron chi connectivity index (χ3n) is 4.20. The van der Waals surface area contributed by atoms with E-state index in [9.17, 15) is 4.79 Å². The van der Waals surface area contributed by atoms with Crippen molar-refractivity contribution in [2.45, 2.75) is 6.54 Å². The lowest BCUT2D eigenvalue weighted by Gasteiger charge is -2.35. The second-order valence-corrected chi connectivity index (χ2v) is 5.69. The van der Waals surface area contributed by atoms with Crippen molar-refractivity contribution in [3.05, 3.63) is 59.3 Å². The van der Waals surface area contributed by atoms with E-state index in [-0.39, 0.29) is 18.3 Å². The lowest BCUT2D eigenvalue weighted by Crippen LogP contribution is -2.49. The molecule has 3 rings (SSSR count). The molecule has 1 aliphatic rings. The second-order valence-electron chi connectivity index (χ2n) is 5.69. The molecule has 0 unspecified atom stereocenters. The number of piperazine rings is 1. The van der Waals surface area contributed by atoms with E-state index in [2.05, 4.69) is 16.0 Å². The Bertz CT molecular complexity index is 764. The minimum atomic E-state index is 0. The molecule has 1 saturated heterocycles. The Morgan fingerprint density at radius 1 is 1.16 bits per heavy atom. The van der Waals surface area contributed by atoms with E-state index in [0.29, 0.717) is 43.9 Å². The first-order valence-corrected chi connectivity index (χ1v) is 7.90. The van der Waals surface area contributed by atoms with Gasteiger partial charge in [0.15, 0.2) is 0 Å². The van der Waals surface area contributed by atoms with Crippen LogP contribution in [0.25, 0.3) is 0 Å². The molecular formula is C18H20ClN5O. The molecule has 0 spiro atoms. The van der Waals surface area contributed by atoms with Gasteiger partial charge in [-0.3, -0.25) is 4.79 Å². The average molecular weight is 358 g/mol. The summed E-state index contributed by atoms with van der Waals surface area (Å²) in [6.45, 7) is 3.15. The van der Waals surface area contributed by atoms with Crippen LogP contribution < -0.4 is 10.6 Å². The number of carbonyl (C=O) groups is 1. The summed E-state index contributed by atoms with van der Waals surface area (Å²) in [6, 6.07) is 13.0. The lowest BCUT2D eigenvalue weighted by atomic mass is 10.1. The normalized spacial score (nSPS) is 13.8. The number of rotatable bonds is 3. The van der Waals surface area contributed by atoms with Gasteiger partial charge in [-0.1, -0.05) is 12.1 Å². The molecular weight excluding hydrogens is 338 g/mol. The van der Waals surface area contributed by atoms with Crippen LogP contribution in [0.3, 0.4) is 0 Å². The maximum atomic E-state index is 12.6. The van der Waals surface area contributed by atoms with Gasteiger partial charge in [0.2, 0.25) is 0 Å². The maximum absolute atomic E-state index is 12.6. The number of aromatic nitrogens is 1. The van der Waals surface area contributed by atoms with Gasteiger partial charge in [0, 0.05) is 44.5 Å². The Morgan fingerprint density at radius 2 is 1.84 bits per heavy atom. The smallest absolute Gasteiger partial charge is 0.253 e. The third kappa shape index (κ3) is 4.27. The summed E-state index contributed by atoms with van der Waals surface area (Å²) >= 11 is 0. The minimum absolute atomic E-state index is 0. The molecule has 1 aromatic carbocycles. The summed E-state index contributed by atoms with van der Waals surface area (Å²) < 4.78 is 0. The highest BCUT2D eigenvalue weighted by Crippen LogP contribution is 2.16. The number of hydrogen-bond donors (Lipinski definition) is 1. The van der Waals surface area contributed by atoms with Crippen LogP contribution in [0.4, 0.5) is 5.82 Å². The van der Waals surface area contributed by atoms with Gasteiger partial charge in [0.25, 0.3) is 5.91 Å². The van der Waals surface area contributed by atoms with E-state index in [1.54, 1.807) is 18.3 Å². The first-order chi connectivity index (χ1) is 11.7. The fraction of sp³-hybridized carbons (Fsp3) is 0.278. The van der Waals surface area contributed by atoms with E-state index in [0.717, 1.165) is 11.4 Å². The number of benzene rings is 1. The van der Waals surface area contributed by atoms with Crippen molar-refractivity contribution < 1.29 is 4.79 Å². The van der Waals surface area contributed by atoms with Gasteiger partial charge >= 0.3 is 0 Å². The highest BCUT2D eigenvalue weighted by atomic mass is 35.5. The standard InChI is InChI=1S/C18H19N5O.ClH/c19-12-14-1-3-16(4-2-14)18(24)23-9-7-22(8-10-23)17-11-15(13-20)5-6-21-17;/h1-6,11H,7-10,12,19H2;1H. The van der Waals surface area contributed by atoms with E-state index >= 15 is 0 Å². The fourth-order valence-corrected chi connectivity index (χ4v) is 2.77. The van der Waals surface area contributed by atoms with Crippen LogP contribution in [0, 0.1) is 11.3 Å². The fourth-order valence-electron chi connectivity index (χ4n) is 2.77. The largest absolute Gasteiger partial charge is 0.353 e. The molecule has 130 valence electrons. The third-order valence-corrected chi connectivity index (χ3v) is 4.20. The van der Waals surface area contributed by atoms with Crippen molar-refractivity contribution in [2.24, 2.45) is 5.73 Å². The number of halogens is 1. The van der Waals surface area contributed by atoms with Crippen molar-refractivity contribution in [3.63, 3.8) is 0 Å². The van der Waals surface area contributed by atoms with Crippen LogP contribution in [-0.4, -0.2) is 42.0 Å². The quantitative estimate of drug-likeness (QED) is 0.905. The maximum Gasteiger partial charge on any atom is 0.253 e. The van der Waals surface area contributed by atoms with Gasteiger partial charge in [0.05, 0.1) is 11.6 Å². The Morgan fingerprint density at radius 3 is 2.44 bits per heavy atom. The lowest BCUT2D eigenvalue weighted by molar-refractivity contribution is 0.0746. The van der Waals surface area contributed by atoms with Crippen LogP contribution in [0.2, 0.25) is 0 Å². The molecule has 2 heterocycles. The van der Waals surface area contributed by atoms with Gasteiger partial charge in [-0.15, -0.1) is 12.4 Å². The molecule has 1 aliphatic heterocycles. The summed E-state index contributed by atoms with van der Waals surface area (Å²) in [4.78, 5) is 20.8. The van der Waals surface area contributed by atoms with Gasteiger partial charge in [0.1, 0.15) is 5.82 Å². The van der Waals surface area contributed by atoms with Crippen LogP contribution in [-0.2, 0) is 6.54 Å². The Kier molecular flexibility index (Phi) is 6.34. The molecule has 7 heteroatoms. The van der Waals surface area contributed by atoms with E-state index in [1.165, 1.54) is 0 Å². The SMILES string of the molecule is Cl.N#Cc1ccnc(N2CCN(C(=O)c3ccc(CN)cc3)CC2)c1. The molecule has 0 bridgehead atoms. The van der Waals surface area contributed by atoms with Crippen molar-refractivity contribution in [3.8, 4) is 6.07 Å². The van der Waals surface area contributed by atoms with Crippen LogP contribution >= 0.6 is 12.4 Å². The topological polar surface area (TPSA) is 86.2 Å². The Balaban J connectivity index is 0.00000225. The molecule has 1 amide bonds. The Labute approximate surface area is 153 Å². The summed E-state index contributed by atoms with van der Waals surface area (Å²) in [6.07, 6.45) is 1.64. The predicted octanol–water partition coefficient (Wildman–Crippen LogP) is 1.80. The molecule has 2 aromatic rings. The number of nitrogens with zero attached hydrogens (tertiary/aromatic N) is 4. The predicted molar refractivity (Wildman–Crippen MR) is 98.6 cm³/mol. The molecule has 25 heavy (non-hydrogen) atoms. The van der Waals surface area contributed by atoms with Gasteiger partial charge in [-0.2, -0.15) is 5.26 Å². The zero-order valence-corrected chi connectivity index (χ0v) is 14.6. The number of amides is 1. The molecule has 0 saturated carbocycles. The number of pyridine rings is 1. The van der Waals surface area contributed by atoms with Crippen LogP contribution in [0.15, 0.2) is 42.6 Å². The van der Waals surface area contributed by atoms with Crippen molar-refractivity contribution in [1.82, 2.24) is 9.88 Å². The molecule has 6 nitrogen and oxygen atoms in total. The van der Waals surface area contributed by atoms with Gasteiger partial charge < -0.3 is 15.5 Å². The zero-order chi connectivity index (χ0) is 16.9. The average Bonchev–Trinajstić information content (AvgIpc) is 2.67. The highest BCUT2D eigenvalue weighted by Gasteiger charge is 2.22. The summed E-state index contributed by atoms with van der Waals surface area (Å²) in [5.41, 5.74) is 7.88. The minimum Gasteiger partial charge on any atom is -0.353 e. The monoisotopic (exact) mass is 357 g/mol. The zero-order valence-electron chi connectivity index (χ0n) is 13.8. The van der Waals surface area contributed by atoms with Gasteiger partial charge in [-0.25, -0.2) is 4.98 Å². The van der Waals surface area contributed by atoms with Crippen molar-refractivity contribution >= 4 is 24.1 Å². The molecule has 0 aliphatic carbocycles. The molecule has 0 atom stereocenters. The number of carbonyl (C=O) groups excluding carboxylic acids is 1. The van der Waals surface area contributed by atoms with Gasteiger partial charge in [-0.05, 0) is 29.8 Å². The van der Waals surface area contributed by atoms with Crippen LogP contribution in [0.5, 0.6) is 0 Å².